The third-order valence-corrected chi connectivity index (χ3v) is 4.37. The first-order valence-corrected chi connectivity index (χ1v) is 9.17. The molecule has 0 aliphatic carbocycles. The van der Waals surface area contributed by atoms with Crippen LogP contribution >= 0.6 is 0 Å². The summed E-state index contributed by atoms with van der Waals surface area (Å²) in [5.41, 5.74) is 5.34. The van der Waals surface area contributed by atoms with Gasteiger partial charge >= 0.3 is 0 Å². The molecular formula is C22H28N2O4. The van der Waals surface area contributed by atoms with Crippen molar-refractivity contribution in [3.8, 4) is 17.2 Å². The van der Waals surface area contributed by atoms with Crippen LogP contribution in [0.3, 0.4) is 0 Å². The normalized spacial score (nSPS) is 12.1. The number of rotatable bonds is 8. The number of nitrogens with one attached hydrogen (secondary N) is 1. The average molecular weight is 384 g/mol. The molecule has 0 fully saturated rings. The van der Waals surface area contributed by atoms with Crippen molar-refractivity contribution in [1.29, 1.82) is 0 Å². The van der Waals surface area contributed by atoms with E-state index in [9.17, 15) is 4.79 Å². The highest BCUT2D eigenvalue weighted by Gasteiger charge is 2.16. The molecule has 2 rings (SSSR count). The predicted octanol–water partition coefficient (Wildman–Crippen LogP) is 4.05. The number of aryl methyl sites for hydroxylation is 1. The Labute approximate surface area is 166 Å². The minimum Gasteiger partial charge on any atom is -0.497 e. The first kappa shape index (κ1) is 21.3. The van der Waals surface area contributed by atoms with Crippen LogP contribution in [-0.2, 0) is 4.79 Å². The third kappa shape index (κ3) is 5.49. The fourth-order valence-electron chi connectivity index (χ4n) is 2.54. The summed E-state index contributed by atoms with van der Waals surface area (Å²) in [6.07, 6.45) is 0.821. The maximum Gasteiger partial charge on any atom is 0.280 e. The van der Waals surface area contributed by atoms with Crippen LogP contribution in [0.25, 0.3) is 0 Å². The van der Waals surface area contributed by atoms with Gasteiger partial charge in [0, 0.05) is 5.56 Å². The third-order valence-electron chi connectivity index (χ3n) is 4.37. The van der Waals surface area contributed by atoms with E-state index in [1.807, 2.05) is 19.1 Å². The summed E-state index contributed by atoms with van der Waals surface area (Å²) in [6, 6.07) is 11.4. The highest BCUT2D eigenvalue weighted by Crippen LogP contribution is 2.25. The molecule has 6 heteroatoms. The highest BCUT2D eigenvalue weighted by molar-refractivity contribution is 5.86. The van der Waals surface area contributed by atoms with Gasteiger partial charge in [-0.1, -0.05) is 26.0 Å². The van der Waals surface area contributed by atoms with Crippen molar-refractivity contribution in [1.82, 2.24) is 5.43 Å². The van der Waals surface area contributed by atoms with E-state index in [1.165, 1.54) is 6.21 Å². The molecule has 0 spiro atoms. The Morgan fingerprint density at radius 2 is 1.79 bits per heavy atom. The Kier molecular flexibility index (Phi) is 7.44. The van der Waals surface area contributed by atoms with E-state index in [4.69, 9.17) is 14.2 Å². The minimum absolute atomic E-state index is 0.340. The number of benzene rings is 2. The number of nitrogens with zero attached hydrogens (tertiary/aromatic N) is 1. The van der Waals surface area contributed by atoms with Crippen LogP contribution in [0.15, 0.2) is 41.5 Å². The highest BCUT2D eigenvalue weighted by atomic mass is 16.5. The Hall–Kier alpha value is -3.02. The number of hydrazone groups is 1. The molecule has 1 atom stereocenters. The van der Waals surface area contributed by atoms with Crippen LogP contribution in [0.5, 0.6) is 17.2 Å². The zero-order valence-corrected chi connectivity index (χ0v) is 17.3. The summed E-state index contributed by atoms with van der Waals surface area (Å²) in [6.45, 7) is 7.88. The first-order chi connectivity index (χ1) is 13.3. The topological polar surface area (TPSA) is 69.2 Å². The van der Waals surface area contributed by atoms with Crippen molar-refractivity contribution in [2.45, 2.75) is 39.7 Å². The number of amides is 1. The van der Waals surface area contributed by atoms with Crippen LogP contribution < -0.4 is 19.6 Å². The molecule has 0 radical (unpaired) electrons. The molecule has 2 aromatic rings. The monoisotopic (exact) mass is 384 g/mol. The lowest BCUT2D eigenvalue weighted by atomic mass is 10.0. The van der Waals surface area contributed by atoms with Crippen LogP contribution in [0.1, 0.15) is 43.4 Å². The zero-order valence-electron chi connectivity index (χ0n) is 17.3. The van der Waals surface area contributed by atoms with Gasteiger partial charge in [-0.3, -0.25) is 4.79 Å². The van der Waals surface area contributed by atoms with E-state index in [1.54, 1.807) is 39.3 Å². The van der Waals surface area contributed by atoms with Crippen molar-refractivity contribution >= 4 is 12.1 Å². The minimum atomic E-state index is -0.689. The molecule has 1 amide bonds. The molecule has 0 saturated heterocycles. The summed E-state index contributed by atoms with van der Waals surface area (Å²) in [5, 5.41) is 4.02. The number of ether oxygens (including phenoxy) is 3. The number of carbonyl (C=O) groups excluding carboxylic acids is 1. The molecule has 6 nitrogen and oxygen atoms in total. The number of hydrogen-bond acceptors (Lipinski definition) is 5. The second-order valence-corrected chi connectivity index (χ2v) is 6.78. The van der Waals surface area contributed by atoms with E-state index >= 15 is 0 Å². The van der Waals surface area contributed by atoms with Crippen molar-refractivity contribution in [3.05, 3.63) is 53.1 Å². The number of carbonyl (C=O) groups is 1. The fraction of sp³-hybridized carbons (Fsp3) is 0.364. The summed E-state index contributed by atoms with van der Waals surface area (Å²) in [7, 11) is 3.15. The van der Waals surface area contributed by atoms with Crippen LogP contribution in [0.4, 0.5) is 0 Å². The van der Waals surface area contributed by atoms with Crippen LogP contribution in [0, 0.1) is 6.92 Å². The second kappa shape index (κ2) is 9.78. The number of hydrogen-bond donors (Lipinski definition) is 1. The summed E-state index contributed by atoms with van der Waals surface area (Å²) < 4.78 is 16.3. The van der Waals surface area contributed by atoms with Gasteiger partial charge in [-0.25, -0.2) is 5.43 Å². The fourth-order valence-corrected chi connectivity index (χ4v) is 2.54. The molecule has 0 heterocycles. The van der Waals surface area contributed by atoms with Gasteiger partial charge in [0.15, 0.2) is 6.10 Å². The lowest BCUT2D eigenvalue weighted by Crippen LogP contribution is -2.33. The van der Waals surface area contributed by atoms with E-state index in [0.717, 1.165) is 11.1 Å². The molecule has 0 aliphatic rings. The van der Waals surface area contributed by atoms with Crippen molar-refractivity contribution in [2.24, 2.45) is 5.10 Å². The Balaban J connectivity index is 2.03. The van der Waals surface area contributed by atoms with Crippen molar-refractivity contribution < 1.29 is 19.0 Å². The zero-order chi connectivity index (χ0) is 20.7. The molecule has 0 saturated carbocycles. The van der Waals surface area contributed by atoms with E-state index in [-0.39, 0.29) is 5.91 Å². The molecule has 0 unspecified atom stereocenters. The molecule has 0 aliphatic heterocycles. The molecule has 0 aromatic heterocycles. The van der Waals surface area contributed by atoms with Gasteiger partial charge < -0.3 is 14.2 Å². The van der Waals surface area contributed by atoms with Gasteiger partial charge in [0.1, 0.15) is 17.2 Å². The maximum atomic E-state index is 12.3. The van der Waals surface area contributed by atoms with Crippen molar-refractivity contribution in [2.75, 3.05) is 14.2 Å². The molecule has 2 aromatic carbocycles. The van der Waals surface area contributed by atoms with Gasteiger partial charge in [-0.2, -0.15) is 5.10 Å². The van der Waals surface area contributed by atoms with Crippen LogP contribution in [0.2, 0.25) is 0 Å². The van der Waals surface area contributed by atoms with Gasteiger partial charge in [0.2, 0.25) is 0 Å². The van der Waals surface area contributed by atoms with E-state index < -0.39 is 6.10 Å². The van der Waals surface area contributed by atoms with Crippen LogP contribution in [-0.4, -0.2) is 32.4 Å². The lowest BCUT2D eigenvalue weighted by molar-refractivity contribution is -0.127. The maximum absolute atomic E-state index is 12.3. The molecule has 1 N–H and O–H groups in total. The Morgan fingerprint density at radius 3 is 2.43 bits per heavy atom. The summed E-state index contributed by atoms with van der Waals surface area (Å²) in [4.78, 5) is 12.3. The lowest BCUT2D eigenvalue weighted by Gasteiger charge is -2.17. The second-order valence-electron chi connectivity index (χ2n) is 6.78. The van der Waals surface area contributed by atoms with Crippen molar-refractivity contribution in [3.63, 3.8) is 0 Å². The van der Waals surface area contributed by atoms with E-state index in [0.29, 0.717) is 28.7 Å². The first-order valence-electron chi connectivity index (χ1n) is 9.17. The van der Waals surface area contributed by atoms with E-state index in [2.05, 4.69) is 30.4 Å². The quantitative estimate of drug-likeness (QED) is 0.551. The summed E-state index contributed by atoms with van der Waals surface area (Å²) in [5.74, 6) is 2.05. The average Bonchev–Trinajstić information content (AvgIpc) is 2.69. The van der Waals surface area contributed by atoms with Gasteiger partial charge in [-0.15, -0.1) is 0 Å². The van der Waals surface area contributed by atoms with Gasteiger partial charge in [0.05, 0.1) is 20.4 Å². The Bertz CT molecular complexity index is 846. The summed E-state index contributed by atoms with van der Waals surface area (Å²) >= 11 is 0. The van der Waals surface area contributed by atoms with Gasteiger partial charge in [-0.05, 0) is 55.2 Å². The predicted molar refractivity (Wildman–Crippen MR) is 111 cm³/mol. The Morgan fingerprint density at radius 1 is 1.04 bits per heavy atom. The molecular weight excluding hydrogens is 356 g/mol. The molecule has 150 valence electrons. The molecule has 28 heavy (non-hydrogen) atoms. The largest absolute Gasteiger partial charge is 0.497 e. The molecule has 0 bridgehead atoms. The SMILES string of the molecule is COc1ccc(OC)c(/C=N/NC(=O)[C@H](C)Oc2cc(C(C)C)ccc2C)c1. The smallest absolute Gasteiger partial charge is 0.280 e. The number of methoxy groups -OCH3 is 2. The van der Waals surface area contributed by atoms with Gasteiger partial charge in [0.25, 0.3) is 5.91 Å². The standard InChI is InChI=1S/C22H28N2O4/c1-14(2)17-8-7-15(3)21(12-17)28-16(4)22(25)24-23-13-18-11-19(26-5)9-10-20(18)27-6/h7-14,16H,1-6H3,(H,24,25)/b23-13+/t16-/m0/s1.